The lowest BCUT2D eigenvalue weighted by Crippen LogP contribution is -2.16. The largest absolute Gasteiger partial charge is 0.477 e. The first kappa shape index (κ1) is 12.8. The molecule has 0 amide bonds. The first-order valence-corrected chi connectivity index (χ1v) is 6.29. The second-order valence-corrected chi connectivity index (χ2v) is 4.83. The number of nitrogens with zero attached hydrogens (tertiary/aromatic N) is 2. The van der Waals surface area contributed by atoms with Gasteiger partial charge in [0, 0.05) is 0 Å². The van der Waals surface area contributed by atoms with Crippen molar-refractivity contribution >= 4 is 5.97 Å². The van der Waals surface area contributed by atoms with Gasteiger partial charge in [0.25, 0.3) is 0 Å². The number of rotatable bonds is 5. The van der Waals surface area contributed by atoms with Crippen molar-refractivity contribution in [2.75, 3.05) is 6.61 Å². The number of carboxylic acid groups (broad SMARTS) is 1. The molecule has 5 heteroatoms. The van der Waals surface area contributed by atoms with Crippen LogP contribution in [0, 0.1) is 19.8 Å². The molecule has 0 unspecified atom stereocenters. The Hall–Kier alpha value is -1.65. The normalized spacial score (nSPS) is 15.2. The lowest BCUT2D eigenvalue weighted by atomic mass is 9.83. The molecule has 2 rings (SSSR count). The number of aryl methyl sites for hydroxylation is 1. The highest BCUT2D eigenvalue weighted by Crippen LogP contribution is 2.29. The van der Waals surface area contributed by atoms with E-state index in [1.165, 1.54) is 19.3 Å². The van der Waals surface area contributed by atoms with Crippen molar-refractivity contribution in [3.8, 4) is 5.88 Å². The predicted molar refractivity (Wildman–Crippen MR) is 65.9 cm³/mol. The minimum atomic E-state index is -1.01. The van der Waals surface area contributed by atoms with Crippen LogP contribution in [-0.2, 0) is 0 Å². The topological polar surface area (TPSA) is 72.3 Å². The molecule has 0 aliphatic heterocycles. The van der Waals surface area contributed by atoms with Gasteiger partial charge in [0.15, 0.2) is 0 Å². The molecule has 98 valence electrons. The number of ether oxygens (including phenoxy) is 1. The van der Waals surface area contributed by atoms with Crippen LogP contribution in [-0.4, -0.2) is 27.9 Å². The monoisotopic (exact) mass is 250 g/mol. The maximum Gasteiger partial charge on any atom is 0.341 e. The van der Waals surface area contributed by atoms with E-state index in [-0.39, 0.29) is 11.4 Å². The zero-order valence-electron chi connectivity index (χ0n) is 10.8. The van der Waals surface area contributed by atoms with Crippen LogP contribution in [0.3, 0.4) is 0 Å². The van der Waals surface area contributed by atoms with Gasteiger partial charge < -0.3 is 9.84 Å². The van der Waals surface area contributed by atoms with E-state index < -0.39 is 5.97 Å². The van der Waals surface area contributed by atoms with Crippen molar-refractivity contribution in [3.63, 3.8) is 0 Å². The van der Waals surface area contributed by atoms with E-state index in [0.29, 0.717) is 17.9 Å². The van der Waals surface area contributed by atoms with Gasteiger partial charge in [-0.05, 0) is 31.7 Å². The first-order valence-electron chi connectivity index (χ1n) is 6.29. The van der Waals surface area contributed by atoms with Crippen molar-refractivity contribution in [3.05, 3.63) is 16.8 Å². The molecule has 1 fully saturated rings. The van der Waals surface area contributed by atoms with Gasteiger partial charge in [-0.2, -0.15) is 5.10 Å². The highest BCUT2D eigenvalue weighted by atomic mass is 16.5. The van der Waals surface area contributed by atoms with Crippen molar-refractivity contribution in [1.82, 2.24) is 10.2 Å². The summed E-state index contributed by atoms with van der Waals surface area (Å²) in [4.78, 5) is 11.2. The second-order valence-electron chi connectivity index (χ2n) is 4.83. The van der Waals surface area contributed by atoms with Crippen molar-refractivity contribution in [1.29, 1.82) is 0 Å². The molecule has 1 aliphatic carbocycles. The number of aromatic nitrogens is 2. The zero-order chi connectivity index (χ0) is 13.1. The Morgan fingerprint density at radius 1 is 1.39 bits per heavy atom. The minimum Gasteiger partial charge on any atom is -0.477 e. The Kier molecular flexibility index (Phi) is 3.79. The highest BCUT2D eigenvalue weighted by Gasteiger charge is 2.21. The van der Waals surface area contributed by atoms with Crippen molar-refractivity contribution in [2.24, 2.45) is 5.92 Å². The summed E-state index contributed by atoms with van der Waals surface area (Å²) in [6.07, 6.45) is 4.78. The molecule has 1 saturated carbocycles. The Balaban J connectivity index is 2.06. The van der Waals surface area contributed by atoms with Gasteiger partial charge in [0.05, 0.1) is 12.3 Å². The molecular weight excluding hydrogens is 232 g/mol. The van der Waals surface area contributed by atoms with Gasteiger partial charge in [-0.25, -0.2) is 4.79 Å². The van der Waals surface area contributed by atoms with Crippen LogP contribution >= 0.6 is 0 Å². The van der Waals surface area contributed by atoms with Crippen molar-refractivity contribution in [2.45, 2.75) is 39.5 Å². The summed E-state index contributed by atoms with van der Waals surface area (Å²) in [5, 5.41) is 17.0. The van der Waals surface area contributed by atoms with Crippen LogP contribution < -0.4 is 4.74 Å². The van der Waals surface area contributed by atoms with Gasteiger partial charge in [0.1, 0.15) is 5.56 Å². The standard InChI is InChI=1S/C13H18N2O3/c1-8-9(2)14-15-12(11(8)13(16)17)18-7-6-10-4-3-5-10/h10H,3-7H2,1-2H3,(H,16,17). The highest BCUT2D eigenvalue weighted by molar-refractivity contribution is 5.91. The third-order valence-corrected chi connectivity index (χ3v) is 3.63. The Labute approximate surface area is 106 Å². The van der Waals surface area contributed by atoms with Gasteiger partial charge in [0.2, 0.25) is 5.88 Å². The summed E-state index contributed by atoms with van der Waals surface area (Å²) in [7, 11) is 0. The number of aromatic carboxylic acids is 1. The Morgan fingerprint density at radius 2 is 2.11 bits per heavy atom. The van der Waals surface area contributed by atoms with E-state index in [2.05, 4.69) is 10.2 Å². The van der Waals surface area contributed by atoms with Crippen LogP contribution in [0.1, 0.15) is 47.3 Å². The molecule has 1 aromatic rings. The molecule has 0 radical (unpaired) electrons. The summed E-state index contributed by atoms with van der Waals surface area (Å²) in [5.74, 6) is -0.133. The smallest absolute Gasteiger partial charge is 0.341 e. The van der Waals surface area contributed by atoms with E-state index in [0.717, 1.165) is 12.3 Å². The fourth-order valence-corrected chi connectivity index (χ4v) is 2.04. The van der Waals surface area contributed by atoms with Crippen LogP contribution in [0.4, 0.5) is 0 Å². The third-order valence-electron chi connectivity index (χ3n) is 3.63. The summed E-state index contributed by atoms with van der Waals surface area (Å²) in [5.41, 5.74) is 1.38. The molecule has 1 N–H and O–H groups in total. The Bertz CT molecular complexity index is 456. The molecular formula is C13H18N2O3. The van der Waals surface area contributed by atoms with Crippen LogP contribution in [0.25, 0.3) is 0 Å². The van der Waals surface area contributed by atoms with Crippen LogP contribution in [0.15, 0.2) is 0 Å². The fourth-order valence-electron chi connectivity index (χ4n) is 2.04. The van der Waals surface area contributed by atoms with Crippen LogP contribution in [0.2, 0.25) is 0 Å². The van der Waals surface area contributed by atoms with Gasteiger partial charge in [-0.3, -0.25) is 0 Å². The predicted octanol–water partition coefficient (Wildman–Crippen LogP) is 2.36. The number of carbonyl (C=O) groups is 1. The number of hydrogen-bond acceptors (Lipinski definition) is 4. The summed E-state index contributed by atoms with van der Waals surface area (Å²) >= 11 is 0. The second kappa shape index (κ2) is 5.33. The van der Waals surface area contributed by atoms with E-state index in [9.17, 15) is 9.90 Å². The maximum absolute atomic E-state index is 11.2. The SMILES string of the molecule is Cc1nnc(OCCC2CCC2)c(C(=O)O)c1C. The van der Waals surface area contributed by atoms with E-state index in [4.69, 9.17) is 4.74 Å². The fraction of sp³-hybridized carbons (Fsp3) is 0.615. The Morgan fingerprint density at radius 3 is 2.67 bits per heavy atom. The average molecular weight is 250 g/mol. The third kappa shape index (κ3) is 2.60. The minimum absolute atomic E-state index is 0.135. The van der Waals surface area contributed by atoms with Crippen molar-refractivity contribution < 1.29 is 14.6 Å². The average Bonchev–Trinajstić information content (AvgIpc) is 2.26. The molecule has 0 spiro atoms. The maximum atomic E-state index is 11.2. The quantitative estimate of drug-likeness (QED) is 0.868. The summed E-state index contributed by atoms with van der Waals surface area (Å²) in [6.45, 7) is 3.99. The molecule has 0 aromatic carbocycles. The van der Waals surface area contributed by atoms with E-state index >= 15 is 0 Å². The lowest BCUT2D eigenvalue weighted by molar-refractivity contribution is 0.0689. The molecule has 1 aromatic heterocycles. The number of hydrogen-bond donors (Lipinski definition) is 1. The van der Waals surface area contributed by atoms with E-state index in [1.54, 1.807) is 13.8 Å². The molecule has 0 atom stereocenters. The molecule has 1 aliphatic rings. The molecule has 18 heavy (non-hydrogen) atoms. The molecule has 1 heterocycles. The number of carboxylic acids is 1. The first-order chi connectivity index (χ1) is 8.59. The lowest BCUT2D eigenvalue weighted by Gasteiger charge is -2.24. The summed E-state index contributed by atoms with van der Waals surface area (Å²) in [6, 6.07) is 0. The molecule has 0 saturated heterocycles. The molecule has 0 bridgehead atoms. The van der Waals surface area contributed by atoms with Crippen LogP contribution in [0.5, 0.6) is 5.88 Å². The van der Waals surface area contributed by atoms with Gasteiger partial charge >= 0.3 is 5.97 Å². The van der Waals surface area contributed by atoms with E-state index in [1.807, 2.05) is 0 Å². The summed E-state index contributed by atoms with van der Waals surface area (Å²) < 4.78 is 5.49. The molecule has 5 nitrogen and oxygen atoms in total. The van der Waals surface area contributed by atoms with Gasteiger partial charge in [-0.15, -0.1) is 5.10 Å². The van der Waals surface area contributed by atoms with Gasteiger partial charge in [-0.1, -0.05) is 19.3 Å². The zero-order valence-corrected chi connectivity index (χ0v) is 10.8.